The molecule has 152 valence electrons. The van der Waals surface area contributed by atoms with E-state index in [0.29, 0.717) is 22.1 Å². The van der Waals surface area contributed by atoms with Gasteiger partial charge in [-0.2, -0.15) is 0 Å². The summed E-state index contributed by atoms with van der Waals surface area (Å²) in [5.41, 5.74) is 1.02. The molecule has 0 saturated heterocycles. The van der Waals surface area contributed by atoms with Gasteiger partial charge in [-0.15, -0.1) is 0 Å². The number of nitrogens with zero attached hydrogens (tertiary/aromatic N) is 1. The second kappa shape index (κ2) is 7.56. The van der Waals surface area contributed by atoms with Crippen LogP contribution in [0.5, 0.6) is 0 Å². The molecule has 2 N–H and O–H groups in total. The maximum absolute atomic E-state index is 13.6. The molecule has 0 aromatic heterocycles. The van der Waals surface area contributed by atoms with E-state index in [9.17, 15) is 16.8 Å². The number of rotatable bonds is 5. The number of benzene rings is 4. The third-order valence-corrected chi connectivity index (χ3v) is 7.29. The molecule has 0 radical (unpaired) electrons. The fourth-order valence-corrected chi connectivity index (χ4v) is 5.27. The molecular formula is C22H18N2O4S2. The van der Waals surface area contributed by atoms with Crippen molar-refractivity contribution in [3.8, 4) is 0 Å². The Kier molecular flexibility index (Phi) is 5.07. The molecule has 0 unspecified atom stereocenters. The zero-order valence-corrected chi connectivity index (χ0v) is 17.3. The molecule has 0 heterocycles. The average Bonchev–Trinajstić information content (AvgIpc) is 2.74. The maximum Gasteiger partial charge on any atom is 0.268 e. The lowest BCUT2D eigenvalue weighted by Gasteiger charge is -2.24. The summed E-state index contributed by atoms with van der Waals surface area (Å²) in [7, 11) is -7.79. The van der Waals surface area contributed by atoms with E-state index in [1.54, 1.807) is 60.7 Å². The average molecular weight is 439 g/mol. The van der Waals surface area contributed by atoms with Crippen molar-refractivity contribution in [1.82, 2.24) is 0 Å². The van der Waals surface area contributed by atoms with Crippen molar-refractivity contribution in [2.75, 3.05) is 4.31 Å². The van der Waals surface area contributed by atoms with E-state index in [1.807, 2.05) is 12.1 Å². The largest absolute Gasteiger partial charge is 0.268 e. The van der Waals surface area contributed by atoms with Crippen molar-refractivity contribution < 1.29 is 16.8 Å². The Morgan fingerprint density at radius 3 is 1.47 bits per heavy atom. The van der Waals surface area contributed by atoms with Crippen molar-refractivity contribution in [3.63, 3.8) is 0 Å². The first-order valence-corrected chi connectivity index (χ1v) is 12.0. The summed E-state index contributed by atoms with van der Waals surface area (Å²) < 4.78 is 51.7. The first-order chi connectivity index (χ1) is 14.3. The highest BCUT2D eigenvalue weighted by Crippen LogP contribution is 2.33. The lowest BCUT2D eigenvalue weighted by Crippen LogP contribution is -2.26. The van der Waals surface area contributed by atoms with Crippen LogP contribution >= 0.6 is 0 Å². The Labute approximate surface area is 175 Å². The number of nitrogens with two attached hydrogens (primary N) is 1. The molecule has 0 aliphatic heterocycles. The predicted octanol–water partition coefficient (Wildman–Crippen LogP) is 4.01. The van der Waals surface area contributed by atoms with Gasteiger partial charge in [0.15, 0.2) is 0 Å². The van der Waals surface area contributed by atoms with E-state index >= 15 is 0 Å². The zero-order chi connectivity index (χ0) is 21.4. The van der Waals surface area contributed by atoms with Gasteiger partial charge < -0.3 is 0 Å². The van der Waals surface area contributed by atoms with Crippen LogP contribution in [0.2, 0.25) is 0 Å². The van der Waals surface area contributed by atoms with Crippen LogP contribution in [-0.2, 0) is 20.0 Å². The van der Waals surface area contributed by atoms with Crippen molar-refractivity contribution in [3.05, 3.63) is 97.1 Å². The number of anilines is 2. The topological polar surface area (TPSA) is 97.5 Å². The number of primary sulfonamides is 1. The summed E-state index contributed by atoms with van der Waals surface area (Å²) in [5, 5.41) is 6.35. The minimum Gasteiger partial charge on any atom is -0.235 e. The Bertz CT molecular complexity index is 1380. The van der Waals surface area contributed by atoms with E-state index in [2.05, 4.69) is 0 Å². The molecule has 0 atom stereocenters. The second-order valence-electron chi connectivity index (χ2n) is 6.66. The molecule has 0 amide bonds. The smallest absolute Gasteiger partial charge is 0.235 e. The van der Waals surface area contributed by atoms with Crippen LogP contribution in [0.3, 0.4) is 0 Å². The summed E-state index contributed by atoms with van der Waals surface area (Å²) >= 11 is 0. The monoisotopic (exact) mass is 438 g/mol. The van der Waals surface area contributed by atoms with Gasteiger partial charge in [-0.25, -0.2) is 26.3 Å². The first-order valence-electron chi connectivity index (χ1n) is 8.99. The SMILES string of the molecule is NS(=O)(=O)c1ccc2cc(S(=O)(=O)N(c3ccccc3)c3ccccc3)ccc2c1. The minimum absolute atomic E-state index is 0.0270. The van der Waals surface area contributed by atoms with Gasteiger partial charge >= 0.3 is 0 Å². The van der Waals surface area contributed by atoms with Gasteiger partial charge in [0.2, 0.25) is 10.0 Å². The highest BCUT2D eigenvalue weighted by atomic mass is 32.2. The maximum atomic E-state index is 13.6. The molecule has 4 rings (SSSR count). The summed E-state index contributed by atoms with van der Waals surface area (Å²) in [6, 6.07) is 26.5. The normalized spacial score (nSPS) is 12.0. The highest BCUT2D eigenvalue weighted by molar-refractivity contribution is 7.93. The molecule has 0 fully saturated rings. The fraction of sp³-hybridized carbons (Fsp3) is 0. The molecule has 0 spiro atoms. The molecule has 0 aliphatic rings. The van der Waals surface area contributed by atoms with E-state index in [-0.39, 0.29) is 9.79 Å². The molecule has 0 saturated carbocycles. The Hall–Kier alpha value is -3.20. The Morgan fingerprint density at radius 1 is 0.567 bits per heavy atom. The lowest BCUT2D eigenvalue weighted by molar-refractivity contribution is 0.595. The number of hydrogen-bond acceptors (Lipinski definition) is 4. The summed E-state index contributed by atoms with van der Waals surface area (Å²) in [5.74, 6) is 0. The van der Waals surface area contributed by atoms with Gasteiger partial charge in [-0.3, -0.25) is 0 Å². The van der Waals surface area contributed by atoms with Crippen LogP contribution in [0.15, 0.2) is 107 Å². The van der Waals surface area contributed by atoms with Crippen molar-refractivity contribution in [2.24, 2.45) is 5.14 Å². The third-order valence-electron chi connectivity index (χ3n) is 4.63. The summed E-state index contributed by atoms with van der Waals surface area (Å²) in [6.07, 6.45) is 0. The third kappa shape index (κ3) is 3.80. The van der Waals surface area contributed by atoms with E-state index in [0.717, 1.165) is 0 Å². The van der Waals surface area contributed by atoms with Crippen LogP contribution < -0.4 is 9.44 Å². The van der Waals surface area contributed by atoms with Crippen LogP contribution in [-0.4, -0.2) is 16.8 Å². The van der Waals surface area contributed by atoms with Gasteiger partial charge in [-0.1, -0.05) is 48.5 Å². The van der Waals surface area contributed by atoms with Gasteiger partial charge in [0.25, 0.3) is 10.0 Å². The number of sulfonamides is 2. The molecule has 0 bridgehead atoms. The van der Waals surface area contributed by atoms with E-state index in [4.69, 9.17) is 5.14 Å². The zero-order valence-electron chi connectivity index (χ0n) is 15.7. The van der Waals surface area contributed by atoms with Crippen molar-refractivity contribution >= 4 is 42.2 Å². The summed E-state index contributed by atoms with van der Waals surface area (Å²) in [6.45, 7) is 0. The summed E-state index contributed by atoms with van der Waals surface area (Å²) in [4.78, 5) is 0.0619. The molecule has 0 aliphatic carbocycles. The predicted molar refractivity (Wildman–Crippen MR) is 118 cm³/mol. The van der Waals surface area contributed by atoms with Crippen LogP contribution in [0.4, 0.5) is 11.4 Å². The number of para-hydroxylation sites is 2. The Morgan fingerprint density at radius 2 is 1.00 bits per heavy atom. The van der Waals surface area contributed by atoms with Crippen molar-refractivity contribution in [2.45, 2.75) is 9.79 Å². The lowest BCUT2D eigenvalue weighted by atomic mass is 10.1. The van der Waals surface area contributed by atoms with Crippen molar-refractivity contribution in [1.29, 1.82) is 0 Å². The quantitative estimate of drug-likeness (QED) is 0.509. The molecule has 30 heavy (non-hydrogen) atoms. The fourth-order valence-electron chi connectivity index (χ4n) is 3.20. The number of fused-ring (bicyclic) bond motifs is 1. The van der Waals surface area contributed by atoms with Gasteiger partial charge in [-0.05, 0) is 59.3 Å². The number of hydrogen-bond donors (Lipinski definition) is 1. The molecule has 6 nitrogen and oxygen atoms in total. The van der Waals surface area contributed by atoms with Crippen LogP contribution in [0.25, 0.3) is 10.8 Å². The first kappa shape index (κ1) is 20.1. The Balaban J connectivity index is 1.87. The van der Waals surface area contributed by atoms with Gasteiger partial charge in [0.1, 0.15) is 0 Å². The van der Waals surface area contributed by atoms with Crippen LogP contribution in [0, 0.1) is 0 Å². The second-order valence-corrected chi connectivity index (χ2v) is 10.0. The molecule has 8 heteroatoms. The standard InChI is InChI=1S/C22H18N2O4S2/c23-29(25,26)21-13-11-18-16-22(14-12-17(18)15-21)30(27,28)24(19-7-3-1-4-8-19)20-9-5-2-6-10-20/h1-16H,(H2,23,25,26). The molecular weight excluding hydrogens is 420 g/mol. The minimum atomic E-state index is -3.95. The molecule has 4 aromatic rings. The van der Waals surface area contributed by atoms with Gasteiger partial charge in [0.05, 0.1) is 21.2 Å². The van der Waals surface area contributed by atoms with E-state index < -0.39 is 20.0 Å². The molecule has 4 aromatic carbocycles. The highest BCUT2D eigenvalue weighted by Gasteiger charge is 2.27. The van der Waals surface area contributed by atoms with Gasteiger partial charge in [0, 0.05) is 0 Å². The van der Waals surface area contributed by atoms with E-state index in [1.165, 1.54) is 28.6 Å². The van der Waals surface area contributed by atoms with Crippen LogP contribution in [0.1, 0.15) is 0 Å².